The van der Waals surface area contributed by atoms with E-state index in [0.29, 0.717) is 24.9 Å². The fourth-order valence-electron chi connectivity index (χ4n) is 5.09. The van der Waals surface area contributed by atoms with E-state index < -0.39 is 0 Å². The molecule has 6 nitrogen and oxygen atoms in total. The Morgan fingerprint density at radius 2 is 2.03 bits per heavy atom. The molecule has 2 aliphatic heterocycles. The van der Waals surface area contributed by atoms with Crippen molar-refractivity contribution >= 4 is 11.8 Å². The highest BCUT2D eigenvalue weighted by molar-refractivity contribution is 5.84. The lowest BCUT2D eigenvalue weighted by molar-refractivity contribution is -0.147. The van der Waals surface area contributed by atoms with E-state index in [-0.39, 0.29) is 11.3 Å². The van der Waals surface area contributed by atoms with Gasteiger partial charge in [0.05, 0.1) is 19.1 Å². The molecule has 1 unspecified atom stereocenters. The Morgan fingerprint density at radius 3 is 2.79 bits per heavy atom. The van der Waals surface area contributed by atoms with Crippen LogP contribution in [0.2, 0.25) is 0 Å². The zero-order valence-electron chi connectivity index (χ0n) is 17.5. The highest BCUT2D eigenvalue weighted by atomic mass is 16.5. The molecule has 29 heavy (non-hydrogen) atoms. The lowest BCUT2D eigenvalue weighted by Crippen LogP contribution is -2.52. The van der Waals surface area contributed by atoms with E-state index in [1.165, 1.54) is 19.3 Å². The lowest BCUT2D eigenvalue weighted by atomic mass is 9.77. The van der Waals surface area contributed by atoms with Gasteiger partial charge in [-0.3, -0.25) is 14.5 Å². The number of amides is 2. The van der Waals surface area contributed by atoms with Gasteiger partial charge in [-0.05, 0) is 50.6 Å². The molecule has 1 N–H and O–H groups in total. The van der Waals surface area contributed by atoms with Gasteiger partial charge in [0, 0.05) is 31.7 Å². The van der Waals surface area contributed by atoms with Gasteiger partial charge < -0.3 is 15.0 Å². The molecule has 3 fully saturated rings. The number of methoxy groups -OCH3 is 1. The summed E-state index contributed by atoms with van der Waals surface area (Å²) in [5.74, 6) is 1.84. The molecule has 1 saturated carbocycles. The summed E-state index contributed by atoms with van der Waals surface area (Å²) in [6.07, 6.45) is 6.80. The maximum atomic E-state index is 13.2. The Hall–Kier alpha value is -2.08. The van der Waals surface area contributed by atoms with Crippen molar-refractivity contribution in [2.45, 2.75) is 45.1 Å². The molecule has 2 saturated heterocycles. The molecule has 6 heteroatoms. The molecule has 1 spiro atoms. The van der Waals surface area contributed by atoms with Crippen LogP contribution in [0.25, 0.3) is 0 Å². The molecule has 1 aromatic rings. The van der Waals surface area contributed by atoms with Crippen LogP contribution < -0.4 is 10.1 Å². The minimum atomic E-state index is -0.259. The van der Waals surface area contributed by atoms with Gasteiger partial charge in [-0.1, -0.05) is 24.6 Å². The fourth-order valence-corrected chi connectivity index (χ4v) is 5.09. The van der Waals surface area contributed by atoms with E-state index in [0.717, 1.165) is 56.8 Å². The first kappa shape index (κ1) is 20.2. The molecule has 4 rings (SSSR count). The van der Waals surface area contributed by atoms with E-state index in [1.54, 1.807) is 7.11 Å². The number of carbonyl (C=O) groups is 2. The van der Waals surface area contributed by atoms with Crippen LogP contribution in [-0.2, 0) is 16.1 Å². The van der Waals surface area contributed by atoms with Crippen molar-refractivity contribution in [2.75, 3.05) is 39.8 Å². The summed E-state index contributed by atoms with van der Waals surface area (Å²) in [7, 11) is 1.64. The number of nitrogens with one attached hydrogen (secondary N) is 1. The molecule has 2 heterocycles. The summed E-state index contributed by atoms with van der Waals surface area (Å²) < 4.78 is 5.34. The smallest absolute Gasteiger partial charge is 0.234 e. The number of para-hydroxylation sites is 1. The molecule has 1 aliphatic carbocycles. The Labute approximate surface area is 173 Å². The van der Waals surface area contributed by atoms with Crippen LogP contribution in [0.4, 0.5) is 0 Å². The van der Waals surface area contributed by atoms with Crippen LogP contribution in [0, 0.1) is 11.3 Å². The topological polar surface area (TPSA) is 61.9 Å². The van der Waals surface area contributed by atoms with E-state index in [1.807, 2.05) is 24.3 Å². The zero-order valence-corrected chi connectivity index (χ0v) is 17.5. The summed E-state index contributed by atoms with van der Waals surface area (Å²) >= 11 is 0. The monoisotopic (exact) mass is 399 g/mol. The summed E-state index contributed by atoms with van der Waals surface area (Å²) in [5.41, 5.74) is 0.709. The van der Waals surface area contributed by atoms with E-state index in [2.05, 4.69) is 15.1 Å². The Kier molecular flexibility index (Phi) is 6.09. The Bertz CT molecular complexity index is 749. The van der Waals surface area contributed by atoms with Crippen molar-refractivity contribution in [1.82, 2.24) is 15.1 Å². The number of likely N-dealkylation sites (tertiary alicyclic amines) is 2. The number of hydrogen-bond donors (Lipinski definition) is 1. The molecular formula is C23H33N3O3. The molecule has 2 amide bonds. The van der Waals surface area contributed by atoms with Gasteiger partial charge in [-0.25, -0.2) is 0 Å². The highest BCUT2D eigenvalue weighted by Gasteiger charge is 2.48. The van der Waals surface area contributed by atoms with E-state index >= 15 is 0 Å². The molecular weight excluding hydrogens is 366 g/mol. The van der Waals surface area contributed by atoms with Crippen LogP contribution in [-0.4, -0.2) is 61.4 Å². The second-order valence-corrected chi connectivity index (χ2v) is 8.98. The zero-order chi connectivity index (χ0) is 20.3. The molecule has 0 bridgehead atoms. The minimum absolute atomic E-state index is 0.00235. The standard InChI is InChI=1S/C23H33N3O3/c1-29-20-9-3-2-8-19(20)14-24-21(27)16-25-13-11-23(17-25)10-5-12-26(22(23)28)15-18-6-4-7-18/h2-3,8-9,18H,4-7,10-17H2,1H3,(H,24,27). The van der Waals surface area contributed by atoms with Gasteiger partial charge in [0.1, 0.15) is 5.75 Å². The lowest BCUT2D eigenvalue weighted by Gasteiger charge is -2.42. The van der Waals surface area contributed by atoms with Crippen molar-refractivity contribution in [3.05, 3.63) is 29.8 Å². The normalized spacial score (nSPS) is 25.3. The number of piperidine rings is 1. The predicted molar refractivity (Wildman–Crippen MR) is 111 cm³/mol. The van der Waals surface area contributed by atoms with Gasteiger partial charge in [-0.2, -0.15) is 0 Å². The molecule has 0 radical (unpaired) electrons. The molecule has 1 atom stereocenters. The second-order valence-electron chi connectivity index (χ2n) is 8.98. The molecule has 3 aliphatic rings. The third-order valence-electron chi connectivity index (χ3n) is 7.00. The molecule has 158 valence electrons. The number of hydrogen-bond acceptors (Lipinski definition) is 4. The largest absolute Gasteiger partial charge is 0.496 e. The maximum absolute atomic E-state index is 13.2. The van der Waals surface area contributed by atoms with Crippen molar-refractivity contribution < 1.29 is 14.3 Å². The number of carbonyl (C=O) groups excluding carboxylic acids is 2. The van der Waals surface area contributed by atoms with E-state index in [4.69, 9.17) is 4.74 Å². The third kappa shape index (κ3) is 4.42. The first-order chi connectivity index (χ1) is 14.1. The third-order valence-corrected chi connectivity index (χ3v) is 7.00. The fraction of sp³-hybridized carbons (Fsp3) is 0.652. The van der Waals surface area contributed by atoms with Crippen molar-refractivity contribution in [2.24, 2.45) is 11.3 Å². The summed E-state index contributed by atoms with van der Waals surface area (Å²) in [5, 5.41) is 3.00. The first-order valence-electron chi connectivity index (χ1n) is 11.0. The van der Waals surface area contributed by atoms with Crippen LogP contribution in [0.5, 0.6) is 5.75 Å². The van der Waals surface area contributed by atoms with E-state index in [9.17, 15) is 9.59 Å². The Morgan fingerprint density at radius 1 is 1.21 bits per heavy atom. The van der Waals surface area contributed by atoms with Gasteiger partial charge in [0.25, 0.3) is 0 Å². The van der Waals surface area contributed by atoms with Gasteiger partial charge in [0.2, 0.25) is 11.8 Å². The molecule has 1 aromatic carbocycles. The average molecular weight is 400 g/mol. The molecule has 0 aromatic heterocycles. The van der Waals surface area contributed by atoms with Crippen molar-refractivity contribution in [3.63, 3.8) is 0 Å². The second kappa shape index (κ2) is 8.74. The van der Waals surface area contributed by atoms with Gasteiger partial charge in [0.15, 0.2) is 0 Å². The quantitative estimate of drug-likeness (QED) is 0.765. The highest BCUT2D eigenvalue weighted by Crippen LogP contribution is 2.41. The van der Waals surface area contributed by atoms with Crippen LogP contribution in [0.15, 0.2) is 24.3 Å². The minimum Gasteiger partial charge on any atom is -0.496 e. The van der Waals surface area contributed by atoms with Crippen molar-refractivity contribution in [3.8, 4) is 5.75 Å². The number of nitrogens with zero attached hydrogens (tertiary/aromatic N) is 2. The number of ether oxygens (including phenoxy) is 1. The summed E-state index contributed by atoms with van der Waals surface area (Å²) in [6, 6.07) is 7.72. The van der Waals surface area contributed by atoms with Crippen molar-refractivity contribution in [1.29, 1.82) is 0 Å². The van der Waals surface area contributed by atoms with Gasteiger partial charge in [-0.15, -0.1) is 0 Å². The SMILES string of the molecule is COc1ccccc1CNC(=O)CN1CCC2(CCCN(CC3CCC3)C2=O)C1. The van der Waals surface area contributed by atoms with Crippen LogP contribution in [0.3, 0.4) is 0 Å². The Balaban J connectivity index is 1.28. The van der Waals surface area contributed by atoms with Crippen LogP contribution >= 0.6 is 0 Å². The predicted octanol–water partition coefficient (Wildman–Crippen LogP) is 2.43. The maximum Gasteiger partial charge on any atom is 0.234 e. The summed E-state index contributed by atoms with van der Waals surface area (Å²) in [6.45, 7) is 4.21. The van der Waals surface area contributed by atoms with Gasteiger partial charge >= 0.3 is 0 Å². The average Bonchev–Trinajstić information content (AvgIpc) is 3.09. The summed E-state index contributed by atoms with van der Waals surface area (Å²) in [4.78, 5) is 30.0. The number of rotatable bonds is 7. The first-order valence-corrected chi connectivity index (χ1v) is 11.0. The number of benzene rings is 1. The van der Waals surface area contributed by atoms with Crippen LogP contribution in [0.1, 0.15) is 44.1 Å².